The molecule has 0 radical (unpaired) electrons. The van der Waals surface area contributed by atoms with E-state index in [1.54, 1.807) is 189 Å². The fraction of sp³-hybridized carbons (Fsp3) is 0.144. The SMILES string of the molecule is C#Cc1ccc(NC(=O)c2cc(-c3ccnc4c3C(C)(C)C(=O)N4c3cccnc3)ccc2C(F)(F)F)nc1.CC1(C)C(=O)N(c2ncccn2)c2cccc(-c3ccc(C(F)(F)F)c(C(=O)Nc4ccccc4)c3)c21.CC1(C)C(=O)N(c2ncccn2)c2cccc(-c3ccc(C(F)(F)F)c(C(=O)Nc4cccnc4)c3)c21.CC1(C)C(=O)N(c2ncccn2)c2cccc(-c3ccc(C(F)(F)F)c(C(=O)Nc4ccncc4)c3)c21. The molecule has 8 aromatic heterocycles. The van der Waals surface area contributed by atoms with E-state index in [1.807, 2.05) is 0 Å². The number of terminal acetylenes is 1. The molecule has 8 amide bonds. The summed E-state index contributed by atoms with van der Waals surface area (Å²) in [5, 5.41) is 9.91. The smallest absolute Gasteiger partial charge is 0.322 e. The Bertz CT molecular complexity index is 7490. The van der Waals surface area contributed by atoms with Gasteiger partial charge in [0.05, 0.1) is 107 Å². The van der Waals surface area contributed by atoms with Crippen LogP contribution in [0.25, 0.3) is 44.5 Å². The van der Waals surface area contributed by atoms with Crippen LogP contribution in [-0.4, -0.2) is 102 Å². The van der Waals surface area contributed by atoms with Crippen LogP contribution in [0.5, 0.6) is 0 Å². The molecular weight excluding hydrogens is 1960 g/mol. The molecule has 16 aromatic rings. The molecule has 0 spiro atoms. The Morgan fingerprint density at radius 2 is 0.633 bits per heavy atom. The van der Waals surface area contributed by atoms with E-state index in [0.717, 1.165) is 30.3 Å². The molecular formula is C111H81F12N19O8. The summed E-state index contributed by atoms with van der Waals surface area (Å²) in [4.78, 5) is 157. The number of halogens is 12. The van der Waals surface area contributed by atoms with Crippen molar-refractivity contribution >= 4 is 117 Å². The van der Waals surface area contributed by atoms with Gasteiger partial charge in [0.15, 0.2) is 0 Å². The first-order valence-corrected chi connectivity index (χ1v) is 45.7. The molecule has 150 heavy (non-hydrogen) atoms. The van der Waals surface area contributed by atoms with Gasteiger partial charge < -0.3 is 21.3 Å². The van der Waals surface area contributed by atoms with E-state index in [0.29, 0.717) is 112 Å². The first kappa shape index (κ1) is 103. The maximum absolute atomic E-state index is 13.9. The van der Waals surface area contributed by atoms with E-state index < -0.39 is 115 Å². The minimum Gasteiger partial charge on any atom is -0.322 e. The minimum absolute atomic E-state index is 0.0428. The van der Waals surface area contributed by atoms with E-state index in [-0.39, 0.29) is 53.0 Å². The zero-order chi connectivity index (χ0) is 107. The molecule has 0 aliphatic carbocycles. The molecule has 0 bridgehead atoms. The Hall–Kier alpha value is -18.8. The van der Waals surface area contributed by atoms with Crippen LogP contribution in [0, 0.1) is 12.3 Å². The third-order valence-electron chi connectivity index (χ3n) is 25.2. The summed E-state index contributed by atoms with van der Waals surface area (Å²) in [5.74, 6) is -1.45. The van der Waals surface area contributed by atoms with Gasteiger partial charge in [0.25, 0.3) is 23.6 Å². The number of fused-ring (bicyclic) bond motifs is 4. The summed E-state index contributed by atoms with van der Waals surface area (Å²) in [7, 11) is 0. The monoisotopic (exact) mass is 2040 g/mol. The first-order chi connectivity index (χ1) is 71.3. The number of hydrogen-bond donors (Lipinski definition) is 4. The second kappa shape index (κ2) is 40.3. The normalized spacial score (nSPS) is 14.3. The van der Waals surface area contributed by atoms with Crippen molar-refractivity contribution in [3.8, 4) is 56.9 Å². The van der Waals surface area contributed by atoms with Crippen LogP contribution < -0.4 is 40.9 Å². The average Bonchev–Trinajstić information content (AvgIpc) is 1.58. The molecule has 27 nitrogen and oxygen atoms in total. The quantitative estimate of drug-likeness (QED) is 0.0516. The molecule has 4 N–H and O–H groups in total. The third-order valence-corrected chi connectivity index (χ3v) is 25.2. The summed E-state index contributed by atoms with van der Waals surface area (Å²) in [5.41, 5.74) is -1.33. The van der Waals surface area contributed by atoms with E-state index in [1.165, 1.54) is 173 Å². The Balaban J connectivity index is 0.000000136. The molecule has 4 aliphatic heterocycles. The number of benzene rings is 8. The van der Waals surface area contributed by atoms with Gasteiger partial charge in [-0.1, -0.05) is 84.8 Å². The maximum atomic E-state index is 13.9. The van der Waals surface area contributed by atoms with Crippen molar-refractivity contribution in [2.24, 2.45) is 0 Å². The van der Waals surface area contributed by atoms with Gasteiger partial charge in [-0.25, -0.2) is 54.6 Å². The summed E-state index contributed by atoms with van der Waals surface area (Å²) in [6.45, 7) is 13.9. The highest BCUT2D eigenvalue weighted by atomic mass is 19.4. The number of anilines is 12. The number of carbonyl (C=O) groups excluding carboxylic acids is 8. The van der Waals surface area contributed by atoms with E-state index >= 15 is 0 Å². The fourth-order valence-electron chi connectivity index (χ4n) is 18.2. The van der Waals surface area contributed by atoms with Gasteiger partial charge in [0, 0.05) is 96.9 Å². The number of alkyl halides is 12. The zero-order valence-electron chi connectivity index (χ0n) is 80.1. The van der Waals surface area contributed by atoms with Crippen molar-refractivity contribution in [2.45, 2.75) is 102 Å². The standard InChI is InChI=1S/C29H20F3N5O2.C28H21F3N4O2.2C27H20F3N5O2/c1-4-17-7-10-23(35-15-17)36-26(38)21-14-18(8-9-22(21)29(30,31)32)20-11-13-34-25-24(20)28(2,3)27(39)37(25)19-6-5-12-33-16-19;1-27(2)23-19(10-6-11-22(23)35(25(27)37)26-32-14-7-15-33-26)17-12-13-21(28(29,30)31)20(16-17)24(36)34-18-8-4-3-5-9-18;1-26(2)22-18(7-3-8-21(22)35(24(26)37)25-32-12-5-13-33-25)16-9-10-20(27(28,29)30)19(14-16)23(36)34-17-6-4-11-31-15-17;1-26(2)22-18(5-3-6-21(22)35(24(26)37)25-32-11-4-12-33-25)16-7-8-20(27(28,29)30)19(15-16)23(36)34-17-9-13-31-14-10-17/h1,5-16H,2-3H3,(H,35,36,38);3-16H,1-2H3,(H,34,36);3-15H,1-2H3,(H,34,36);3-15H,1-2H3,(H,31,34,36). The molecule has 12 heterocycles. The van der Waals surface area contributed by atoms with Crippen LogP contribution in [0.3, 0.4) is 0 Å². The predicted octanol–water partition coefficient (Wildman–Crippen LogP) is 23.6. The van der Waals surface area contributed by atoms with E-state index in [9.17, 15) is 91.0 Å². The Kier molecular flexibility index (Phi) is 27.6. The number of rotatable bonds is 16. The van der Waals surface area contributed by atoms with E-state index in [2.05, 4.69) is 82.0 Å². The molecule has 0 unspecified atom stereocenters. The minimum atomic E-state index is -4.79. The summed E-state index contributed by atoms with van der Waals surface area (Å²) >= 11 is 0. The number of carbonyl (C=O) groups is 8. The van der Waals surface area contributed by atoms with Crippen LogP contribution in [0.1, 0.15) is 147 Å². The molecule has 4 aliphatic rings. The number of aromatic nitrogens is 11. The maximum Gasteiger partial charge on any atom is 0.417 e. The van der Waals surface area contributed by atoms with Gasteiger partial charge in [-0.3, -0.25) is 58.2 Å². The van der Waals surface area contributed by atoms with Crippen molar-refractivity contribution in [1.29, 1.82) is 0 Å². The highest BCUT2D eigenvalue weighted by molar-refractivity contribution is 6.18. The van der Waals surface area contributed by atoms with Crippen molar-refractivity contribution < 1.29 is 91.0 Å². The number of hydrogen-bond acceptors (Lipinski definition) is 19. The van der Waals surface area contributed by atoms with Gasteiger partial charge in [-0.15, -0.1) is 6.42 Å². The number of nitrogens with one attached hydrogen (secondary N) is 4. The fourth-order valence-corrected chi connectivity index (χ4v) is 18.2. The number of pyridine rings is 5. The molecule has 752 valence electrons. The van der Waals surface area contributed by atoms with Crippen LogP contribution >= 0.6 is 0 Å². The lowest BCUT2D eigenvalue weighted by molar-refractivity contribution is -0.138. The van der Waals surface area contributed by atoms with Crippen molar-refractivity contribution in [3.63, 3.8) is 0 Å². The highest BCUT2D eigenvalue weighted by Crippen LogP contribution is 2.55. The summed E-state index contributed by atoms with van der Waals surface area (Å²) in [6.07, 6.45) is 6.98. The molecule has 20 rings (SSSR count). The molecule has 8 aromatic carbocycles. The van der Waals surface area contributed by atoms with Crippen LogP contribution in [0.2, 0.25) is 0 Å². The highest BCUT2D eigenvalue weighted by Gasteiger charge is 2.53. The Morgan fingerprint density at radius 3 is 0.980 bits per heavy atom. The van der Waals surface area contributed by atoms with Crippen LogP contribution in [-0.2, 0) is 65.5 Å². The second-order valence-corrected chi connectivity index (χ2v) is 36.3. The largest absolute Gasteiger partial charge is 0.417 e. The van der Waals surface area contributed by atoms with E-state index in [4.69, 9.17) is 6.42 Å². The zero-order valence-corrected chi connectivity index (χ0v) is 80.1. The van der Waals surface area contributed by atoms with Crippen molar-refractivity contribution in [1.82, 2.24) is 54.8 Å². The first-order valence-electron chi connectivity index (χ1n) is 45.7. The lowest BCUT2D eigenvalue weighted by Gasteiger charge is -2.21. The van der Waals surface area contributed by atoms with Crippen molar-refractivity contribution in [3.05, 3.63) is 390 Å². The van der Waals surface area contributed by atoms with Gasteiger partial charge in [0.2, 0.25) is 41.5 Å². The summed E-state index contributed by atoms with van der Waals surface area (Å²) in [6, 6.07) is 56.2. The molecule has 0 atom stereocenters. The lowest BCUT2D eigenvalue weighted by atomic mass is 9.81. The average molecular weight is 2040 g/mol. The Labute approximate surface area is 847 Å². The molecule has 0 fully saturated rings. The van der Waals surface area contributed by atoms with Crippen molar-refractivity contribution in [2.75, 3.05) is 40.9 Å². The summed E-state index contributed by atoms with van der Waals surface area (Å²) < 4.78 is 167. The second-order valence-electron chi connectivity index (χ2n) is 36.3. The van der Waals surface area contributed by atoms with Crippen LogP contribution in [0.15, 0.2) is 317 Å². The predicted molar refractivity (Wildman–Crippen MR) is 535 cm³/mol. The lowest BCUT2D eigenvalue weighted by Crippen LogP contribution is -2.34. The van der Waals surface area contributed by atoms with Gasteiger partial charge >= 0.3 is 24.7 Å². The van der Waals surface area contributed by atoms with Gasteiger partial charge in [-0.2, -0.15) is 52.7 Å². The number of para-hydroxylation sites is 1. The molecule has 39 heteroatoms. The third kappa shape index (κ3) is 20.1. The molecule has 0 saturated heterocycles. The topological polar surface area (TPSA) is 339 Å². The number of amides is 8. The number of nitrogens with zero attached hydrogens (tertiary/aromatic N) is 15. The Morgan fingerprint density at radius 1 is 0.293 bits per heavy atom. The van der Waals surface area contributed by atoms with Gasteiger partial charge in [-0.05, 0) is 268 Å². The van der Waals surface area contributed by atoms with Crippen LogP contribution in [0.4, 0.5) is 122 Å². The molecule has 0 saturated carbocycles. The van der Waals surface area contributed by atoms with Gasteiger partial charge in [0.1, 0.15) is 11.6 Å².